The van der Waals surface area contributed by atoms with E-state index in [2.05, 4.69) is 4.90 Å². The average Bonchev–Trinajstić information content (AvgIpc) is 2.70. The molecule has 0 atom stereocenters. The second kappa shape index (κ2) is 5.14. The largest absolute Gasteiger partial charge is 0.508 e. The van der Waals surface area contributed by atoms with Crippen molar-refractivity contribution in [2.24, 2.45) is 0 Å². The molecular formula is C14H18N2O2. The minimum absolute atomic E-state index is 0.278. The maximum absolute atomic E-state index is 9.76. The van der Waals surface area contributed by atoms with Crippen molar-refractivity contribution in [3.05, 3.63) is 47.4 Å². The van der Waals surface area contributed by atoms with Crippen molar-refractivity contribution in [1.82, 2.24) is 4.90 Å². The van der Waals surface area contributed by atoms with E-state index in [1.807, 2.05) is 20.0 Å². The quantitative estimate of drug-likeness (QED) is 0.642. The maximum atomic E-state index is 9.76. The summed E-state index contributed by atoms with van der Waals surface area (Å²) in [7, 11) is 2.00. The third kappa shape index (κ3) is 2.84. The molecule has 1 aromatic heterocycles. The summed E-state index contributed by atoms with van der Waals surface area (Å²) in [6.45, 7) is 3.36. The SMILES string of the molecule is Cc1occc1CN(C)Cc1cc(N)ccc1O. The fraction of sp³-hybridized carbons (Fsp3) is 0.286. The van der Waals surface area contributed by atoms with E-state index in [1.54, 1.807) is 24.5 Å². The Kier molecular flexibility index (Phi) is 3.58. The molecule has 0 bridgehead atoms. The fourth-order valence-corrected chi connectivity index (χ4v) is 1.94. The third-order valence-electron chi connectivity index (χ3n) is 2.95. The van der Waals surface area contributed by atoms with Gasteiger partial charge in [0.1, 0.15) is 11.5 Å². The number of aryl methyl sites for hydroxylation is 1. The number of rotatable bonds is 4. The van der Waals surface area contributed by atoms with Crippen molar-refractivity contribution >= 4 is 5.69 Å². The van der Waals surface area contributed by atoms with Gasteiger partial charge in [0.2, 0.25) is 0 Å². The second-order valence-corrected chi connectivity index (χ2v) is 4.56. The molecule has 4 nitrogen and oxygen atoms in total. The van der Waals surface area contributed by atoms with E-state index in [1.165, 1.54) is 0 Å². The highest BCUT2D eigenvalue weighted by Crippen LogP contribution is 2.22. The molecule has 1 aromatic carbocycles. The lowest BCUT2D eigenvalue weighted by Crippen LogP contribution is -2.17. The van der Waals surface area contributed by atoms with Crippen molar-refractivity contribution in [2.75, 3.05) is 12.8 Å². The van der Waals surface area contributed by atoms with Gasteiger partial charge >= 0.3 is 0 Å². The summed E-state index contributed by atoms with van der Waals surface area (Å²) < 4.78 is 5.26. The minimum atomic E-state index is 0.278. The highest BCUT2D eigenvalue weighted by Gasteiger charge is 2.08. The molecule has 4 heteroatoms. The third-order valence-corrected chi connectivity index (χ3v) is 2.95. The molecule has 2 rings (SSSR count). The lowest BCUT2D eigenvalue weighted by Gasteiger charge is -2.17. The number of phenolic OH excluding ortho intramolecular Hbond substituents is 1. The van der Waals surface area contributed by atoms with E-state index in [4.69, 9.17) is 10.2 Å². The van der Waals surface area contributed by atoms with Crippen LogP contribution in [-0.4, -0.2) is 17.1 Å². The molecule has 0 fully saturated rings. The predicted octanol–water partition coefficient (Wildman–Crippen LogP) is 2.51. The number of aromatic hydroxyl groups is 1. The number of phenols is 1. The van der Waals surface area contributed by atoms with Crippen LogP contribution in [0, 0.1) is 6.92 Å². The summed E-state index contributed by atoms with van der Waals surface area (Å²) in [4.78, 5) is 2.10. The van der Waals surface area contributed by atoms with Crippen LogP contribution in [0.5, 0.6) is 5.75 Å². The number of anilines is 1. The zero-order valence-electron chi connectivity index (χ0n) is 10.7. The number of hydrogen-bond donors (Lipinski definition) is 2. The first-order chi connectivity index (χ1) is 8.56. The van der Waals surface area contributed by atoms with Gasteiger partial charge in [-0.15, -0.1) is 0 Å². The number of hydrogen-bond acceptors (Lipinski definition) is 4. The van der Waals surface area contributed by atoms with Crippen molar-refractivity contribution in [3.8, 4) is 5.75 Å². The summed E-state index contributed by atoms with van der Waals surface area (Å²) >= 11 is 0. The predicted molar refractivity (Wildman–Crippen MR) is 71.1 cm³/mol. The van der Waals surface area contributed by atoms with Gasteiger partial charge in [-0.25, -0.2) is 0 Å². The van der Waals surface area contributed by atoms with Gasteiger partial charge in [0.05, 0.1) is 6.26 Å². The van der Waals surface area contributed by atoms with Gasteiger partial charge in [-0.2, -0.15) is 0 Å². The van der Waals surface area contributed by atoms with Crippen LogP contribution in [0.1, 0.15) is 16.9 Å². The molecule has 0 aliphatic carbocycles. The molecule has 0 radical (unpaired) electrons. The lowest BCUT2D eigenvalue weighted by atomic mass is 10.1. The molecule has 0 saturated heterocycles. The average molecular weight is 246 g/mol. The van der Waals surface area contributed by atoms with Crippen molar-refractivity contribution in [3.63, 3.8) is 0 Å². The van der Waals surface area contributed by atoms with Crippen LogP contribution in [0.15, 0.2) is 34.9 Å². The Bertz CT molecular complexity index is 534. The Hall–Kier alpha value is -1.94. The van der Waals surface area contributed by atoms with E-state index >= 15 is 0 Å². The van der Waals surface area contributed by atoms with Crippen molar-refractivity contribution in [2.45, 2.75) is 20.0 Å². The standard InChI is InChI=1S/C14H18N2O2/c1-10-11(5-6-18-10)8-16(2)9-12-7-13(15)3-4-14(12)17/h3-7,17H,8-9,15H2,1-2H3. The summed E-state index contributed by atoms with van der Waals surface area (Å²) in [6, 6.07) is 7.08. The highest BCUT2D eigenvalue weighted by molar-refractivity contribution is 5.47. The first-order valence-corrected chi connectivity index (χ1v) is 5.85. The minimum Gasteiger partial charge on any atom is -0.508 e. The van der Waals surface area contributed by atoms with Crippen LogP contribution in [-0.2, 0) is 13.1 Å². The molecule has 0 saturated carbocycles. The van der Waals surface area contributed by atoms with E-state index in [-0.39, 0.29) is 5.75 Å². The van der Waals surface area contributed by atoms with E-state index in [0.29, 0.717) is 12.2 Å². The summed E-state index contributed by atoms with van der Waals surface area (Å²) in [5.74, 6) is 1.21. The maximum Gasteiger partial charge on any atom is 0.120 e. The molecule has 0 spiro atoms. The van der Waals surface area contributed by atoms with E-state index in [0.717, 1.165) is 23.4 Å². The van der Waals surface area contributed by atoms with Crippen LogP contribution in [0.25, 0.3) is 0 Å². The van der Waals surface area contributed by atoms with Crippen molar-refractivity contribution in [1.29, 1.82) is 0 Å². The van der Waals surface area contributed by atoms with Gasteiger partial charge < -0.3 is 15.3 Å². The zero-order valence-corrected chi connectivity index (χ0v) is 10.7. The fourth-order valence-electron chi connectivity index (χ4n) is 1.94. The smallest absolute Gasteiger partial charge is 0.120 e. The molecule has 96 valence electrons. The lowest BCUT2D eigenvalue weighted by molar-refractivity contribution is 0.310. The number of furan rings is 1. The summed E-state index contributed by atoms with van der Waals surface area (Å²) in [6.07, 6.45) is 1.69. The molecule has 0 aliphatic heterocycles. The molecular weight excluding hydrogens is 228 g/mol. The number of nitrogens with two attached hydrogens (primary N) is 1. The Morgan fingerprint density at radius 3 is 2.61 bits per heavy atom. The second-order valence-electron chi connectivity index (χ2n) is 4.56. The first-order valence-electron chi connectivity index (χ1n) is 5.85. The molecule has 18 heavy (non-hydrogen) atoms. The Morgan fingerprint density at radius 1 is 1.22 bits per heavy atom. The van der Waals surface area contributed by atoms with Gasteiger partial charge in [-0.3, -0.25) is 4.90 Å². The molecule has 0 amide bonds. The number of benzene rings is 1. The number of nitrogen functional groups attached to an aromatic ring is 1. The van der Waals surface area contributed by atoms with Crippen LogP contribution in [0.4, 0.5) is 5.69 Å². The summed E-state index contributed by atoms with van der Waals surface area (Å²) in [5, 5.41) is 9.76. The summed E-state index contributed by atoms with van der Waals surface area (Å²) in [5.41, 5.74) is 8.37. The first kappa shape index (κ1) is 12.5. The van der Waals surface area contributed by atoms with Gasteiger partial charge in [0.25, 0.3) is 0 Å². The van der Waals surface area contributed by atoms with Gasteiger partial charge in [-0.05, 0) is 38.2 Å². The van der Waals surface area contributed by atoms with Crippen LogP contribution < -0.4 is 5.73 Å². The topological polar surface area (TPSA) is 62.6 Å². The molecule has 0 unspecified atom stereocenters. The van der Waals surface area contributed by atoms with Gasteiger partial charge in [0.15, 0.2) is 0 Å². The molecule has 2 aromatic rings. The van der Waals surface area contributed by atoms with Crippen molar-refractivity contribution < 1.29 is 9.52 Å². The molecule has 3 N–H and O–H groups in total. The van der Waals surface area contributed by atoms with Gasteiger partial charge in [0, 0.05) is 29.9 Å². The van der Waals surface area contributed by atoms with Crippen LogP contribution in [0.3, 0.4) is 0 Å². The van der Waals surface area contributed by atoms with E-state index in [9.17, 15) is 5.11 Å². The highest BCUT2D eigenvalue weighted by atomic mass is 16.3. The molecule has 0 aliphatic rings. The van der Waals surface area contributed by atoms with Crippen LogP contribution in [0.2, 0.25) is 0 Å². The Labute approximate surface area is 107 Å². The Balaban J connectivity index is 2.05. The Morgan fingerprint density at radius 2 is 1.94 bits per heavy atom. The number of nitrogens with zero attached hydrogens (tertiary/aromatic N) is 1. The monoisotopic (exact) mass is 246 g/mol. The zero-order chi connectivity index (χ0) is 13.1. The normalized spacial score (nSPS) is 11.1. The van der Waals surface area contributed by atoms with Crippen LogP contribution >= 0.6 is 0 Å². The van der Waals surface area contributed by atoms with Gasteiger partial charge in [-0.1, -0.05) is 0 Å². The molecule has 1 heterocycles. The van der Waals surface area contributed by atoms with E-state index < -0.39 is 0 Å².